The lowest BCUT2D eigenvalue weighted by atomic mass is 9.97. The number of hydrogen-bond donors (Lipinski definition) is 2. The van der Waals surface area contributed by atoms with E-state index in [2.05, 4.69) is 15.5 Å². The minimum absolute atomic E-state index is 0.0524. The van der Waals surface area contributed by atoms with E-state index in [1.807, 2.05) is 12.1 Å². The maximum absolute atomic E-state index is 13.1. The molecule has 150 valence electrons. The van der Waals surface area contributed by atoms with Crippen LogP contribution in [0.25, 0.3) is 0 Å². The molecule has 4 rings (SSSR count). The molecule has 1 unspecified atom stereocenters. The molecule has 2 aromatic rings. The van der Waals surface area contributed by atoms with Crippen molar-refractivity contribution < 1.29 is 22.4 Å². The minimum atomic E-state index is -4.51. The van der Waals surface area contributed by atoms with Gasteiger partial charge in [0, 0.05) is 18.1 Å². The van der Waals surface area contributed by atoms with Gasteiger partial charge >= 0.3 is 12.2 Å². The number of nitrogens with zero attached hydrogens (tertiary/aromatic N) is 1. The van der Waals surface area contributed by atoms with Crippen LogP contribution in [0.1, 0.15) is 37.0 Å². The molecule has 0 saturated carbocycles. The lowest BCUT2D eigenvalue weighted by Crippen LogP contribution is -2.50. The van der Waals surface area contributed by atoms with Crippen molar-refractivity contribution in [1.29, 1.82) is 0 Å². The molecule has 2 saturated heterocycles. The van der Waals surface area contributed by atoms with Crippen LogP contribution in [0.5, 0.6) is 0 Å². The van der Waals surface area contributed by atoms with Crippen LogP contribution in [-0.2, 0) is 12.7 Å². The van der Waals surface area contributed by atoms with E-state index >= 15 is 0 Å². The molecule has 2 amide bonds. The summed E-state index contributed by atoms with van der Waals surface area (Å²) >= 11 is 0. The second-order valence-corrected chi connectivity index (χ2v) is 7.45. The predicted molar refractivity (Wildman–Crippen MR) is 97.7 cm³/mol. The van der Waals surface area contributed by atoms with Crippen molar-refractivity contribution in [3.63, 3.8) is 0 Å². The third kappa shape index (κ3) is 4.01. The molecule has 2 aliphatic rings. The van der Waals surface area contributed by atoms with Crippen molar-refractivity contribution in [2.24, 2.45) is 0 Å². The number of carbonyl (C=O) groups excluding carboxylic acids is 1. The maximum atomic E-state index is 13.1. The molecule has 0 aliphatic carbocycles. The Kier molecular flexibility index (Phi) is 5.05. The number of halogens is 3. The summed E-state index contributed by atoms with van der Waals surface area (Å²) in [7, 11) is 0. The van der Waals surface area contributed by atoms with Crippen LogP contribution in [0.3, 0.4) is 0 Å². The van der Waals surface area contributed by atoms with Crippen molar-refractivity contribution in [2.45, 2.75) is 56.5 Å². The molecule has 8 heteroatoms. The second kappa shape index (κ2) is 7.50. The zero-order valence-electron chi connectivity index (χ0n) is 15.2. The molecule has 1 aromatic carbocycles. The smallest absolute Gasteiger partial charge is 0.418 e. The third-order valence-electron chi connectivity index (χ3n) is 5.62. The number of piperidine rings is 1. The third-order valence-corrected chi connectivity index (χ3v) is 5.62. The molecule has 28 heavy (non-hydrogen) atoms. The molecule has 2 aliphatic heterocycles. The highest BCUT2D eigenvalue weighted by Crippen LogP contribution is 2.37. The van der Waals surface area contributed by atoms with Crippen molar-refractivity contribution >= 4 is 11.7 Å². The number of para-hydroxylation sites is 1. The van der Waals surface area contributed by atoms with E-state index in [9.17, 15) is 18.0 Å². The van der Waals surface area contributed by atoms with Crippen LogP contribution in [0, 0.1) is 0 Å². The van der Waals surface area contributed by atoms with Gasteiger partial charge in [-0.05, 0) is 49.9 Å². The Morgan fingerprint density at radius 1 is 1.11 bits per heavy atom. The zero-order chi connectivity index (χ0) is 19.7. The Balaban J connectivity index is 1.36. The van der Waals surface area contributed by atoms with Gasteiger partial charge in [-0.15, -0.1) is 0 Å². The van der Waals surface area contributed by atoms with E-state index in [1.54, 1.807) is 6.26 Å². The van der Waals surface area contributed by atoms with Gasteiger partial charge in [0.1, 0.15) is 5.76 Å². The standard InChI is InChI=1S/C20H22F3N3O2/c21-20(22,23)17-5-1-2-6-18(17)25-19(27)24-13-10-14-7-8-15(11-13)26(14)12-16-4-3-9-28-16/h1-6,9,13-15H,7-8,10-12H2,(H2,24,25,27)/t13?,14-,15+. The van der Waals surface area contributed by atoms with E-state index < -0.39 is 17.8 Å². The highest BCUT2D eigenvalue weighted by atomic mass is 19.4. The van der Waals surface area contributed by atoms with Gasteiger partial charge in [-0.25, -0.2) is 4.79 Å². The molecule has 2 N–H and O–H groups in total. The summed E-state index contributed by atoms with van der Waals surface area (Å²) in [6, 6.07) is 8.86. The Morgan fingerprint density at radius 3 is 2.46 bits per heavy atom. The molecule has 2 bridgehead atoms. The molecule has 2 fully saturated rings. The number of alkyl halides is 3. The molecule has 5 nitrogen and oxygen atoms in total. The molecule has 3 atom stereocenters. The van der Waals surface area contributed by atoms with Crippen LogP contribution in [-0.4, -0.2) is 29.1 Å². The molecular weight excluding hydrogens is 371 g/mol. The number of fused-ring (bicyclic) bond motifs is 2. The van der Waals surface area contributed by atoms with Crippen molar-refractivity contribution in [3.8, 4) is 0 Å². The van der Waals surface area contributed by atoms with Crippen LogP contribution in [0.2, 0.25) is 0 Å². The first-order valence-electron chi connectivity index (χ1n) is 9.42. The number of carbonyl (C=O) groups is 1. The fourth-order valence-electron chi connectivity index (χ4n) is 4.42. The summed E-state index contributed by atoms with van der Waals surface area (Å²) < 4.78 is 44.7. The summed E-state index contributed by atoms with van der Waals surface area (Å²) in [5.74, 6) is 0.921. The van der Waals surface area contributed by atoms with E-state index in [0.717, 1.165) is 44.1 Å². The second-order valence-electron chi connectivity index (χ2n) is 7.45. The lowest BCUT2D eigenvalue weighted by Gasteiger charge is -2.38. The largest absolute Gasteiger partial charge is 0.468 e. The van der Waals surface area contributed by atoms with Gasteiger partial charge in [0.15, 0.2) is 0 Å². The van der Waals surface area contributed by atoms with Gasteiger partial charge in [0.05, 0.1) is 24.1 Å². The predicted octanol–water partition coefficient (Wildman–Crippen LogP) is 4.62. The SMILES string of the molecule is O=C(Nc1ccccc1C(F)(F)F)NC1C[C@H]2CC[C@@H](C1)N2Cc1ccco1. The molecule has 0 radical (unpaired) electrons. The van der Waals surface area contributed by atoms with E-state index in [1.165, 1.54) is 18.2 Å². The fraction of sp³-hybridized carbons (Fsp3) is 0.450. The lowest BCUT2D eigenvalue weighted by molar-refractivity contribution is -0.136. The number of rotatable bonds is 4. The van der Waals surface area contributed by atoms with Crippen LogP contribution in [0.4, 0.5) is 23.7 Å². The number of hydrogen-bond acceptors (Lipinski definition) is 3. The highest BCUT2D eigenvalue weighted by Gasteiger charge is 2.41. The summed E-state index contributed by atoms with van der Waals surface area (Å²) in [6.45, 7) is 0.750. The van der Waals surface area contributed by atoms with Gasteiger partial charge in [0.2, 0.25) is 0 Å². The van der Waals surface area contributed by atoms with Gasteiger partial charge in [-0.1, -0.05) is 12.1 Å². The number of anilines is 1. The van der Waals surface area contributed by atoms with Gasteiger partial charge in [0.25, 0.3) is 0 Å². The zero-order valence-corrected chi connectivity index (χ0v) is 15.2. The van der Waals surface area contributed by atoms with Crippen molar-refractivity contribution in [1.82, 2.24) is 10.2 Å². The van der Waals surface area contributed by atoms with Crippen LogP contribution >= 0.6 is 0 Å². The first-order chi connectivity index (χ1) is 13.4. The van der Waals surface area contributed by atoms with Gasteiger partial charge in [-0.2, -0.15) is 13.2 Å². The molecule has 1 aromatic heterocycles. The summed E-state index contributed by atoms with van der Waals surface area (Å²) in [5, 5.41) is 5.22. The number of benzene rings is 1. The molecule has 3 heterocycles. The normalized spacial score (nSPS) is 24.9. The summed E-state index contributed by atoms with van der Waals surface area (Å²) in [5.41, 5.74) is -1.08. The molecule has 0 spiro atoms. The number of nitrogens with one attached hydrogen (secondary N) is 2. The average molecular weight is 393 g/mol. The number of amides is 2. The Labute approximate surface area is 160 Å². The minimum Gasteiger partial charge on any atom is -0.468 e. The average Bonchev–Trinajstić information content (AvgIpc) is 3.21. The van der Waals surface area contributed by atoms with Gasteiger partial charge < -0.3 is 15.1 Å². The Bertz CT molecular complexity index is 808. The van der Waals surface area contributed by atoms with E-state index in [4.69, 9.17) is 4.42 Å². The topological polar surface area (TPSA) is 57.5 Å². The Morgan fingerprint density at radius 2 is 1.82 bits per heavy atom. The Hall–Kier alpha value is -2.48. The number of urea groups is 1. The van der Waals surface area contributed by atoms with Crippen molar-refractivity contribution in [3.05, 3.63) is 54.0 Å². The summed E-state index contributed by atoms with van der Waals surface area (Å²) in [6.07, 6.45) is 0.829. The van der Waals surface area contributed by atoms with Crippen LogP contribution in [0.15, 0.2) is 47.1 Å². The van der Waals surface area contributed by atoms with Gasteiger partial charge in [-0.3, -0.25) is 4.90 Å². The first-order valence-corrected chi connectivity index (χ1v) is 9.42. The summed E-state index contributed by atoms with van der Waals surface area (Å²) in [4.78, 5) is 14.7. The molecular formula is C20H22F3N3O2. The monoisotopic (exact) mass is 393 g/mol. The van der Waals surface area contributed by atoms with E-state index in [-0.39, 0.29) is 11.7 Å². The quantitative estimate of drug-likeness (QED) is 0.797. The fourth-order valence-corrected chi connectivity index (χ4v) is 4.42. The highest BCUT2D eigenvalue weighted by molar-refractivity contribution is 5.90. The number of furan rings is 1. The maximum Gasteiger partial charge on any atom is 0.418 e. The first kappa shape index (κ1) is 18.9. The van der Waals surface area contributed by atoms with E-state index in [0.29, 0.717) is 12.1 Å². The van der Waals surface area contributed by atoms with Crippen LogP contribution < -0.4 is 10.6 Å². The van der Waals surface area contributed by atoms with Crippen molar-refractivity contribution in [2.75, 3.05) is 5.32 Å².